The Balaban J connectivity index is 2.80. The van der Waals surface area contributed by atoms with Crippen molar-refractivity contribution in [1.29, 1.82) is 5.26 Å². The number of hydrogen-bond acceptors (Lipinski definition) is 3. The van der Waals surface area contributed by atoms with Gasteiger partial charge in [0.15, 0.2) is 0 Å². The number of rotatable bonds is 2. The molecule has 1 aliphatic heterocycles. The van der Waals surface area contributed by atoms with Crippen molar-refractivity contribution in [2.24, 2.45) is 0 Å². The number of alkyl halides is 3. The zero-order valence-electron chi connectivity index (χ0n) is 7.84. The quantitative estimate of drug-likeness (QED) is 0.522. The molecule has 82 valence electrons. The third-order valence-corrected chi connectivity index (χ3v) is 2.07. The van der Waals surface area contributed by atoms with Crippen LogP contribution in [-0.2, 0) is 4.79 Å². The lowest BCUT2D eigenvalue weighted by Gasteiger charge is -2.12. The van der Waals surface area contributed by atoms with Crippen LogP contribution in [0.4, 0.5) is 13.2 Å². The molecule has 0 aromatic carbocycles. The van der Waals surface area contributed by atoms with E-state index in [1.54, 1.807) is 4.90 Å². The summed E-state index contributed by atoms with van der Waals surface area (Å²) in [5.74, 6) is -2.07. The molecule has 1 heterocycles. The number of carbonyl (C=O) groups excluding carboxylic acids is 1. The van der Waals surface area contributed by atoms with Crippen molar-refractivity contribution < 1.29 is 18.0 Å². The Labute approximate surface area is 84.8 Å². The molecule has 0 aromatic heterocycles. The van der Waals surface area contributed by atoms with Gasteiger partial charge >= 0.3 is 6.18 Å². The Hall–Kier alpha value is -1.51. The second-order valence-corrected chi connectivity index (χ2v) is 3.22. The fourth-order valence-electron chi connectivity index (χ4n) is 1.34. The first kappa shape index (κ1) is 11.6. The highest BCUT2D eigenvalue weighted by Crippen LogP contribution is 2.21. The van der Waals surface area contributed by atoms with Crippen molar-refractivity contribution in [3.8, 4) is 6.07 Å². The van der Waals surface area contributed by atoms with Crippen LogP contribution in [0.2, 0.25) is 0 Å². The molecule has 3 nitrogen and oxygen atoms in total. The van der Waals surface area contributed by atoms with Gasteiger partial charge in [-0.25, -0.2) is 0 Å². The van der Waals surface area contributed by atoms with Gasteiger partial charge in [0.1, 0.15) is 11.6 Å². The summed E-state index contributed by atoms with van der Waals surface area (Å²) < 4.78 is 36.0. The molecule has 0 unspecified atom stereocenters. The van der Waals surface area contributed by atoms with E-state index in [4.69, 9.17) is 5.26 Å². The molecule has 1 saturated heterocycles. The zero-order valence-corrected chi connectivity index (χ0v) is 7.84. The van der Waals surface area contributed by atoms with Crippen LogP contribution in [0.25, 0.3) is 0 Å². The van der Waals surface area contributed by atoms with Gasteiger partial charge in [0.2, 0.25) is 0 Å². The Morgan fingerprint density at radius 3 is 2.27 bits per heavy atom. The SMILES string of the molecule is N#C/C(=C\N1CCCC1)C(=O)C(F)(F)F. The van der Waals surface area contributed by atoms with Crippen molar-refractivity contribution in [2.75, 3.05) is 13.1 Å². The van der Waals surface area contributed by atoms with Crippen LogP contribution in [-0.4, -0.2) is 29.9 Å². The van der Waals surface area contributed by atoms with E-state index in [1.807, 2.05) is 0 Å². The van der Waals surface area contributed by atoms with Crippen LogP contribution in [0, 0.1) is 11.3 Å². The first-order valence-corrected chi connectivity index (χ1v) is 4.42. The molecule has 1 aliphatic rings. The molecule has 1 fully saturated rings. The largest absolute Gasteiger partial charge is 0.455 e. The smallest absolute Gasteiger partial charge is 0.376 e. The molecule has 0 bridgehead atoms. The number of nitriles is 1. The number of carbonyl (C=O) groups is 1. The van der Waals surface area contributed by atoms with Crippen molar-refractivity contribution in [3.63, 3.8) is 0 Å². The number of allylic oxidation sites excluding steroid dienone is 1. The maximum absolute atomic E-state index is 12.0. The van der Waals surface area contributed by atoms with Gasteiger partial charge in [0.25, 0.3) is 5.78 Å². The Bertz CT molecular complexity index is 321. The fraction of sp³-hybridized carbons (Fsp3) is 0.556. The highest BCUT2D eigenvalue weighted by molar-refractivity contribution is 6.02. The predicted octanol–water partition coefficient (Wildman–Crippen LogP) is 1.62. The maximum Gasteiger partial charge on any atom is 0.455 e. The standard InChI is InChI=1S/C9H9F3N2O/c10-9(11,12)8(15)7(5-13)6-14-3-1-2-4-14/h6H,1-4H2/b7-6+. The van der Waals surface area contributed by atoms with Gasteiger partial charge in [0, 0.05) is 19.3 Å². The molecule has 0 spiro atoms. The average molecular weight is 218 g/mol. The van der Waals surface area contributed by atoms with E-state index in [0.29, 0.717) is 13.1 Å². The van der Waals surface area contributed by atoms with Gasteiger partial charge in [0.05, 0.1) is 0 Å². The molecule has 1 rings (SSSR count). The third kappa shape index (κ3) is 2.98. The predicted molar refractivity (Wildman–Crippen MR) is 45.6 cm³/mol. The lowest BCUT2D eigenvalue weighted by Crippen LogP contribution is -2.25. The maximum atomic E-state index is 12.0. The summed E-state index contributed by atoms with van der Waals surface area (Å²) in [5, 5.41) is 8.45. The highest BCUT2D eigenvalue weighted by atomic mass is 19.4. The van der Waals surface area contributed by atoms with Crippen molar-refractivity contribution >= 4 is 5.78 Å². The van der Waals surface area contributed by atoms with E-state index >= 15 is 0 Å². The summed E-state index contributed by atoms with van der Waals surface area (Å²) in [7, 11) is 0. The van der Waals surface area contributed by atoms with Crippen molar-refractivity contribution in [2.45, 2.75) is 19.0 Å². The number of nitrogens with zero attached hydrogens (tertiary/aromatic N) is 2. The normalized spacial score (nSPS) is 17.7. The van der Waals surface area contributed by atoms with Gasteiger partial charge in [-0.15, -0.1) is 0 Å². The molecule has 0 N–H and O–H groups in total. The van der Waals surface area contributed by atoms with E-state index in [0.717, 1.165) is 19.0 Å². The molecule has 0 aromatic rings. The van der Waals surface area contributed by atoms with Crippen LogP contribution in [0.3, 0.4) is 0 Å². The van der Waals surface area contributed by atoms with Crippen LogP contribution >= 0.6 is 0 Å². The summed E-state index contributed by atoms with van der Waals surface area (Å²) in [6.45, 7) is 1.19. The van der Waals surface area contributed by atoms with E-state index in [1.165, 1.54) is 6.07 Å². The highest BCUT2D eigenvalue weighted by Gasteiger charge is 2.41. The van der Waals surface area contributed by atoms with Gasteiger partial charge in [-0.3, -0.25) is 4.79 Å². The van der Waals surface area contributed by atoms with Gasteiger partial charge < -0.3 is 4.90 Å². The molecule has 0 atom stereocenters. The summed E-state index contributed by atoms with van der Waals surface area (Å²) >= 11 is 0. The monoisotopic (exact) mass is 218 g/mol. The first-order valence-electron chi connectivity index (χ1n) is 4.42. The molecular formula is C9H9F3N2O. The van der Waals surface area contributed by atoms with Crippen LogP contribution in [0.5, 0.6) is 0 Å². The number of ketones is 1. The molecule has 15 heavy (non-hydrogen) atoms. The second kappa shape index (κ2) is 4.34. The molecule has 0 aliphatic carbocycles. The third-order valence-electron chi connectivity index (χ3n) is 2.07. The van der Waals surface area contributed by atoms with E-state index < -0.39 is 17.5 Å². The van der Waals surface area contributed by atoms with Gasteiger partial charge in [-0.1, -0.05) is 0 Å². The lowest BCUT2D eigenvalue weighted by molar-refractivity contribution is -0.166. The van der Waals surface area contributed by atoms with Gasteiger partial charge in [-0.05, 0) is 12.8 Å². The van der Waals surface area contributed by atoms with Gasteiger partial charge in [-0.2, -0.15) is 18.4 Å². The fourth-order valence-corrected chi connectivity index (χ4v) is 1.34. The zero-order chi connectivity index (χ0) is 11.5. The number of Topliss-reactive ketones (excluding diaryl/α,β-unsaturated/α-hetero) is 1. The summed E-state index contributed by atoms with van der Waals surface area (Å²) in [5.41, 5.74) is -0.843. The minimum atomic E-state index is -4.97. The number of hydrogen-bond donors (Lipinski definition) is 0. The van der Waals surface area contributed by atoms with E-state index in [2.05, 4.69) is 0 Å². The number of halogens is 3. The van der Waals surface area contributed by atoms with Crippen molar-refractivity contribution in [3.05, 3.63) is 11.8 Å². The molecule has 0 amide bonds. The van der Waals surface area contributed by atoms with Crippen LogP contribution in [0.1, 0.15) is 12.8 Å². The Kier molecular flexibility index (Phi) is 3.35. The number of likely N-dealkylation sites (tertiary alicyclic amines) is 1. The first-order chi connectivity index (χ1) is 6.95. The topological polar surface area (TPSA) is 44.1 Å². The molecular weight excluding hydrogens is 209 g/mol. The lowest BCUT2D eigenvalue weighted by atomic mass is 10.2. The second-order valence-electron chi connectivity index (χ2n) is 3.22. The summed E-state index contributed by atoms with van der Waals surface area (Å²) in [4.78, 5) is 12.3. The minimum Gasteiger partial charge on any atom is -0.376 e. The minimum absolute atomic E-state index is 0.594. The molecule has 6 heteroatoms. The van der Waals surface area contributed by atoms with Crippen LogP contribution < -0.4 is 0 Å². The molecule has 0 radical (unpaired) electrons. The Morgan fingerprint density at radius 1 is 1.33 bits per heavy atom. The average Bonchev–Trinajstić information content (AvgIpc) is 2.64. The van der Waals surface area contributed by atoms with Crippen LogP contribution in [0.15, 0.2) is 11.8 Å². The Morgan fingerprint density at radius 2 is 1.87 bits per heavy atom. The summed E-state index contributed by atoms with van der Waals surface area (Å²) in [6.07, 6.45) is -2.23. The van der Waals surface area contributed by atoms with E-state index in [9.17, 15) is 18.0 Å². The summed E-state index contributed by atoms with van der Waals surface area (Å²) in [6, 6.07) is 1.29. The van der Waals surface area contributed by atoms with E-state index in [-0.39, 0.29) is 0 Å². The van der Waals surface area contributed by atoms with Crippen molar-refractivity contribution in [1.82, 2.24) is 4.90 Å². The molecule has 0 saturated carbocycles.